The van der Waals surface area contributed by atoms with Crippen molar-refractivity contribution in [3.63, 3.8) is 0 Å². The molecule has 1 amide bonds. The van der Waals surface area contributed by atoms with Crippen LogP contribution in [0.3, 0.4) is 0 Å². The maximum Gasteiger partial charge on any atom is 0.268 e. The molecule has 0 aromatic carbocycles. The maximum absolute atomic E-state index is 12.9. The highest BCUT2D eigenvalue weighted by molar-refractivity contribution is 7.45. The number of hydrogen-bond acceptors (Lipinski definition) is 6. The molecule has 0 aromatic heterocycles. The Morgan fingerprint density at radius 1 is 0.522 bits per heavy atom. The van der Waals surface area contributed by atoms with Crippen LogP contribution < -0.4 is 10.2 Å². The van der Waals surface area contributed by atoms with E-state index in [1.165, 1.54) is 135 Å². The number of phosphoric ester groups is 1. The molecular formula is C60H107N2O6P. The number of phosphoric acid groups is 1. The first-order valence-electron chi connectivity index (χ1n) is 28.1. The van der Waals surface area contributed by atoms with Gasteiger partial charge in [0.1, 0.15) is 13.2 Å². The summed E-state index contributed by atoms with van der Waals surface area (Å²) in [5.41, 5.74) is 0. The highest BCUT2D eigenvalue weighted by atomic mass is 31.2. The Morgan fingerprint density at radius 2 is 0.899 bits per heavy atom. The van der Waals surface area contributed by atoms with E-state index in [1.54, 1.807) is 6.08 Å². The van der Waals surface area contributed by atoms with E-state index in [9.17, 15) is 19.4 Å². The minimum Gasteiger partial charge on any atom is -0.756 e. The lowest BCUT2D eigenvalue weighted by molar-refractivity contribution is -0.870. The SMILES string of the molecule is CC/C=C\C/C=C\C/C=C\C/C=C\C/C=C\CCCC(=O)NC(COP(=O)([O-])OCC[N+](C)(C)C)C(O)/C=C/CC/C=C/CC/C=C/CCCCCCCCCCCCCCCCCCCCCC. The van der Waals surface area contributed by atoms with Gasteiger partial charge in [-0.25, -0.2) is 0 Å². The number of unbranched alkanes of at least 4 members (excludes halogenated alkanes) is 23. The largest absolute Gasteiger partial charge is 0.756 e. The number of carbonyl (C=O) groups excluding carboxylic acids is 1. The molecule has 0 aliphatic heterocycles. The Morgan fingerprint density at radius 3 is 1.35 bits per heavy atom. The normalized spacial score (nSPS) is 14.7. The molecule has 8 nitrogen and oxygen atoms in total. The lowest BCUT2D eigenvalue weighted by Gasteiger charge is -2.29. The molecular weight excluding hydrogens is 876 g/mol. The van der Waals surface area contributed by atoms with Gasteiger partial charge in [0.2, 0.25) is 5.91 Å². The van der Waals surface area contributed by atoms with E-state index in [0.29, 0.717) is 23.9 Å². The van der Waals surface area contributed by atoms with Crippen LogP contribution in [0.1, 0.15) is 226 Å². The van der Waals surface area contributed by atoms with Gasteiger partial charge in [-0.15, -0.1) is 0 Å². The number of quaternary nitrogens is 1. The summed E-state index contributed by atoms with van der Waals surface area (Å²) in [6.07, 6.45) is 72.3. The summed E-state index contributed by atoms with van der Waals surface area (Å²) in [6, 6.07) is -0.947. The number of carbonyl (C=O) groups is 1. The fourth-order valence-corrected chi connectivity index (χ4v) is 8.36. The lowest BCUT2D eigenvalue weighted by Crippen LogP contribution is -2.45. The van der Waals surface area contributed by atoms with Crippen LogP contribution in [0.25, 0.3) is 0 Å². The number of nitrogens with one attached hydrogen (secondary N) is 1. The Balaban J connectivity index is 4.33. The third-order valence-corrected chi connectivity index (χ3v) is 13.0. The molecule has 0 radical (unpaired) electrons. The molecule has 0 aromatic rings. The zero-order valence-corrected chi connectivity index (χ0v) is 46.1. The molecule has 2 N–H and O–H groups in total. The quantitative estimate of drug-likeness (QED) is 0.0272. The second kappa shape index (κ2) is 50.4. The van der Waals surface area contributed by atoms with Crippen molar-refractivity contribution in [1.82, 2.24) is 5.32 Å². The van der Waals surface area contributed by atoms with Crippen molar-refractivity contribution in [2.45, 2.75) is 238 Å². The van der Waals surface area contributed by atoms with Gasteiger partial charge in [0.15, 0.2) is 0 Å². The van der Waals surface area contributed by atoms with Crippen LogP contribution in [0, 0.1) is 0 Å². The first-order chi connectivity index (χ1) is 33.5. The first-order valence-corrected chi connectivity index (χ1v) is 29.6. The van der Waals surface area contributed by atoms with Crippen LogP contribution in [0.2, 0.25) is 0 Å². The summed E-state index contributed by atoms with van der Waals surface area (Å²) in [6.45, 7) is 4.46. The lowest BCUT2D eigenvalue weighted by atomic mass is 10.0. The summed E-state index contributed by atoms with van der Waals surface area (Å²) < 4.78 is 23.2. The Kier molecular flexibility index (Phi) is 48.5. The molecule has 398 valence electrons. The van der Waals surface area contributed by atoms with Crippen molar-refractivity contribution in [2.75, 3.05) is 40.9 Å². The number of allylic oxidation sites excluding steroid dienone is 15. The van der Waals surface area contributed by atoms with Gasteiger partial charge in [-0.05, 0) is 83.5 Å². The smallest absolute Gasteiger partial charge is 0.268 e. The fraction of sp³-hybridized carbons (Fsp3) is 0.717. The van der Waals surface area contributed by atoms with Gasteiger partial charge < -0.3 is 28.8 Å². The molecule has 0 rings (SSSR count). The third kappa shape index (κ3) is 53.1. The van der Waals surface area contributed by atoms with Gasteiger partial charge in [0.25, 0.3) is 7.82 Å². The predicted molar refractivity (Wildman–Crippen MR) is 297 cm³/mol. The molecule has 3 atom stereocenters. The molecule has 0 heterocycles. The van der Waals surface area contributed by atoms with Gasteiger partial charge in [0, 0.05) is 6.42 Å². The van der Waals surface area contributed by atoms with Crippen LogP contribution in [-0.2, 0) is 18.4 Å². The van der Waals surface area contributed by atoms with Gasteiger partial charge in [0.05, 0.1) is 39.9 Å². The van der Waals surface area contributed by atoms with Crippen molar-refractivity contribution in [3.05, 3.63) is 97.2 Å². The van der Waals surface area contributed by atoms with Crippen molar-refractivity contribution in [3.8, 4) is 0 Å². The number of rotatable bonds is 50. The van der Waals surface area contributed by atoms with Crippen molar-refractivity contribution in [1.29, 1.82) is 0 Å². The predicted octanol–water partition coefficient (Wildman–Crippen LogP) is 16.4. The second-order valence-electron chi connectivity index (χ2n) is 19.9. The van der Waals surface area contributed by atoms with E-state index >= 15 is 0 Å². The molecule has 3 unspecified atom stereocenters. The van der Waals surface area contributed by atoms with Gasteiger partial charge in [-0.1, -0.05) is 233 Å². The van der Waals surface area contributed by atoms with Crippen molar-refractivity contribution in [2.24, 2.45) is 0 Å². The van der Waals surface area contributed by atoms with Crippen LogP contribution >= 0.6 is 7.82 Å². The standard InChI is InChI=1S/C60H107N2O6P/c1-6-8-10-12-14-16-18-20-22-24-25-26-27-28-29-30-31-32-33-34-35-36-38-39-41-43-45-47-49-51-53-59(63)58(57-68-69(65,66)67-56-55-62(3,4)5)61-60(64)54-52-50-48-46-44-42-40-37-23-21-19-17-15-13-11-9-7-2/h9,11,15,17,21,23,36,38,40,42-43,45-46,48,51,53,58-59,63H,6-8,10,12-14,16,18-20,22,24-35,37,39,41,44,47,49-50,52,54-57H2,1-5H3,(H-,61,64,65,66)/b11-9-,17-15-,23-21-,38-36+,42-40-,45-43+,48-46-,53-51+. The molecule has 9 heteroatoms. The number of likely N-dealkylation sites (N-methyl/N-ethyl adjacent to an activating group) is 1. The topological polar surface area (TPSA) is 108 Å². The number of aliphatic hydroxyl groups is 1. The Hall–Kier alpha value is -2.58. The van der Waals surface area contributed by atoms with E-state index in [4.69, 9.17) is 9.05 Å². The molecule has 0 aliphatic rings. The number of aliphatic hydroxyl groups excluding tert-OH is 1. The highest BCUT2D eigenvalue weighted by Gasteiger charge is 2.23. The minimum atomic E-state index is -4.63. The molecule has 0 fully saturated rings. The summed E-state index contributed by atoms with van der Waals surface area (Å²) in [7, 11) is 1.19. The minimum absolute atomic E-state index is 0.0248. The first kappa shape index (κ1) is 66.4. The fourth-order valence-electron chi connectivity index (χ4n) is 7.63. The number of hydrogen-bond donors (Lipinski definition) is 2. The summed E-state index contributed by atoms with van der Waals surface area (Å²) in [5, 5.41) is 13.8. The number of amides is 1. The second-order valence-corrected chi connectivity index (χ2v) is 21.3. The van der Waals surface area contributed by atoms with Gasteiger partial charge in [-0.3, -0.25) is 9.36 Å². The molecule has 0 saturated carbocycles. The van der Waals surface area contributed by atoms with Gasteiger partial charge in [-0.2, -0.15) is 0 Å². The van der Waals surface area contributed by atoms with E-state index in [1.807, 2.05) is 27.2 Å². The summed E-state index contributed by atoms with van der Waals surface area (Å²) >= 11 is 0. The van der Waals surface area contributed by atoms with Crippen molar-refractivity contribution < 1.29 is 32.9 Å². The molecule has 0 spiro atoms. The van der Waals surface area contributed by atoms with Crippen LogP contribution in [0.15, 0.2) is 97.2 Å². The van der Waals surface area contributed by atoms with E-state index in [-0.39, 0.29) is 18.9 Å². The molecule has 0 aliphatic carbocycles. The van der Waals surface area contributed by atoms with Gasteiger partial charge >= 0.3 is 0 Å². The van der Waals surface area contributed by atoms with Crippen LogP contribution in [0.5, 0.6) is 0 Å². The van der Waals surface area contributed by atoms with Crippen LogP contribution in [0.4, 0.5) is 0 Å². The monoisotopic (exact) mass is 983 g/mol. The molecule has 69 heavy (non-hydrogen) atoms. The Labute approximate surface area is 426 Å². The van der Waals surface area contributed by atoms with Crippen LogP contribution in [-0.4, -0.2) is 68.5 Å². The third-order valence-electron chi connectivity index (χ3n) is 12.0. The Bertz CT molecular complexity index is 1440. The average Bonchev–Trinajstić information content (AvgIpc) is 3.31. The molecule has 0 bridgehead atoms. The number of nitrogens with zero attached hydrogens (tertiary/aromatic N) is 1. The summed E-state index contributed by atoms with van der Waals surface area (Å²) in [4.78, 5) is 25.4. The highest BCUT2D eigenvalue weighted by Crippen LogP contribution is 2.38. The van der Waals surface area contributed by atoms with Crippen molar-refractivity contribution >= 4 is 13.7 Å². The molecule has 0 saturated heterocycles. The zero-order chi connectivity index (χ0) is 50.6. The maximum atomic E-state index is 12.9. The summed E-state index contributed by atoms with van der Waals surface area (Å²) in [5.74, 6) is -0.271. The zero-order valence-electron chi connectivity index (χ0n) is 45.2. The van der Waals surface area contributed by atoms with E-state index in [2.05, 4.69) is 104 Å². The van der Waals surface area contributed by atoms with E-state index < -0.39 is 26.6 Å². The average molecular weight is 983 g/mol. The van der Waals surface area contributed by atoms with E-state index in [0.717, 1.165) is 57.8 Å².